The minimum absolute atomic E-state index is 0.576. The van der Waals surface area contributed by atoms with Gasteiger partial charge in [0.15, 0.2) is 6.29 Å². The lowest BCUT2D eigenvalue weighted by Crippen LogP contribution is -1.84. The minimum atomic E-state index is 0.576. The molecule has 4 heteroatoms. The van der Waals surface area contributed by atoms with E-state index in [0.717, 1.165) is 16.7 Å². The summed E-state index contributed by atoms with van der Waals surface area (Å²) in [7, 11) is 0. The van der Waals surface area contributed by atoms with Crippen LogP contribution in [0.1, 0.15) is 15.2 Å². The van der Waals surface area contributed by atoms with Gasteiger partial charge >= 0.3 is 0 Å². The number of hydrogen-bond acceptors (Lipinski definition) is 3. The molecule has 2 rings (SSSR count). The summed E-state index contributed by atoms with van der Waals surface area (Å²) < 4.78 is 0. The molecule has 1 heterocycles. The number of carbonyl (C=O) groups excluding carboxylic acids is 1. The molecule has 0 bridgehead atoms. The lowest BCUT2D eigenvalue weighted by Gasteiger charge is -2.01. The van der Waals surface area contributed by atoms with Crippen molar-refractivity contribution in [3.05, 3.63) is 45.8 Å². The molecule has 0 radical (unpaired) electrons. The Balaban J connectivity index is 2.58. The molecule has 1 aromatic heterocycles. The smallest absolute Gasteiger partial charge is 0.150 e. The van der Waals surface area contributed by atoms with Gasteiger partial charge in [0.05, 0.1) is 0 Å². The van der Waals surface area contributed by atoms with Gasteiger partial charge < -0.3 is 0 Å². The summed E-state index contributed by atoms with van der Waals surface area (Å²) in [4.78, 5) is 12.4. The Labute approximate surface area is 102 Å². The average molecular weight is 248 g/mol. The normalized spacial score (nSPS) is 9.75. The van der Waals surface area contributed by atoms with E-state index in [2.05, 4.69) is 6.07 Å². The van der Waals surface area contributed by atoms with E-state index >= 15 is 0 Å². The van der Waals surface area contributed by atoms with E-state index in [1.165, 1.54) is 11.3 Å². The summed E-state index contributed by atoms with van der Waals surface area (Å²) in [6.45, 7) is 0. The van der Waals surface area contributed by atoms with E-state index in [1.807, 2.05) is 6.07 Å². The van der Waals surface area contributed by atoms with E-state index in [4.69, 9.17) is 16.9 Å². The number of nitrogens with zero attached hydrogens (tertiary/aromatic N) is 1. The van der Waals surface area contributed by atoms with Gasteiger partial charge in [0.25, 0.3) is 0 Å². The predicted octanol–water partition coefficient (Wildman–Crippen LogP) is 3.75. The van der Waals surface area contributed by atoms with E-state index in [9.17, 15) is 4.79 Å². The van der Waals surface area contributed by atoms with E-state index in [1.54, 1.807) is 24.3 Å². The molecule has 0 saturated heterocycles. The third-order valence-electron chi connectivity index (χ3n) is 2.12. The van der Waals surface area contributed by atoms with Gasteiger partial charge in [-0.3, -0.25) is 4.79 Å². The Hall–Kier alpha value is -1.63. The number of carbonyl (C=O) groups is 1. The Bertz CT molecular complexity index is 583. The molecule has 1 aromatic carbocycles. The number of halogens is 1. The van der Waals surface area contributed by atoms with Crippen molar-refractivity contribution in [1.29, 1.82) is 5.26 Å². The Morgan fingerprint density at radius 2 is 2.12 bits per heavy atom. The average Bonchev–Trinajstić information content (AvgIpc) is 2.77. The van der Waals surface area contributed by atoms with Crippen molar-refractivity contribution in [2.45, 2.75) is 0 Å². The van der Waals surface area contributed by atoms with Crippen LogP contribution < -0.4 is 0 Å². The zero-order valence-corrected chi connectivity index (χ0v) is 9.68. The SMILES string of the molecule is N#Cc1ccc(-c2cc(Cl)ccc2C=O)s1. The lowest BCUT2D eigenvalue weighted by molar-refractivity contribution is 0.112. The maximum absolute atomic E-state index is 10.9. The molecule has 0 aliphatic rings. The fourth-order valence-electron chi connectivity index (χ4n) is 1.39. The number of thiophene rings is 1. The second kappa shape index (κ2) is 4.48. The van der Waals surface area contributed by atoms with Crippen molar-refractivity contribution in [3.8, 4) is 16.5 Å². The fraction of sp³-hybridized carbons (Fsp3) is 0. The van der Waals surface area contributed by atoms with Crippen molar-refractivity contribution in [3.63, 3.8) is 0 Å². The standard InChI is InChI=1S/C12H6ClNOS/c13-9-2-1-8(7-15)11(5-9)12-4-3-10(6-14)16-12/h1-5,7H. The summed E-state index contributed by atoms with van der Waals surface area (Å²) in [5.41, 5.74) is 1.35. The second-order valence-electron chi connectivity index (χ2n) is 3.13. The Morgan fingerprint density at radius 1 is 1.31 bits per heavy atom. The van der Waals surface area contributed by atoms with Gasteiger partial charge in [0, 0.05) is 21.0 Å². The summed E-state index contributed by atoms with van der Waals surface area (Å²) in [6, 6.07) is 10.7. The fourth-order valence-corrected chi connectivity index (χ4v) is 2.40. The van der Waals surface area contributed by atoms with E-state index in [0.29, 0.717) is 15.5 Å². The van der Waals surface area contributed by atoms with Gasteiger partial charge in [-0.2, -0.15) is 5.26 Å². The number of benzene rings is 1. The third-order valence-corrected chi connectivity index (χ3v) is 3.38. The van der Waals surface area contributed by atoms with Crippen LogP contribution in [-0.4, -0.2) is 6.29 Å². The number of hydrogen-bond donors (Lipinski definition) is 0. The molecule has 0 atom stereocenters. The molecule has 0 aliphatic carbocycles. The number of nitriles is 1. The van der Waals surface area contributed by atoms with Crippen molar-refractivity contribution in [2.24, 2.45) is 0 Å². The predicted molar refractivity (Wildman–Crippen MR) is 64.9 cm³/mol. The molecule has 0 aliphatic heterocycles. The maximum Gasteiger partial charge on any atom is 0.150 e. The van der Waals surface area contributed by atoms with Crippen molar-refractivity contribution < 1.29 is 4.79 Å². The van der Waals surface area contributed by atoms with Gasteiger partial charge in [-0.15, -0.1) is 11.3 Å². The van der Waals surface area contributed by atoms with E-state index < -0.39 is 0 Å². The molecule has 0 amide bonds. The number of aldehydes is 1. The van der Waals surface area contributed by atoms with Crippen LogP contribution in [0, 0.1) is 11.3 Å². The summed E-state index contributed by atoms with van der Waals surface area (Å²) >= 11 is 7.23. The molecular weight excluding hydrogens is 242 g/mol. The topological polar surface area (TPSA) is 40.9 Å². The molecule has 0 unspecified atom stereocenters. The van der Waals surface area contributed by atoms with Crippen molar-refractivity contribution in [1.82, 2.24) is 0 Å². The highest BCUT2D eigenvalue weighted by atomic mass is 35.5. The van der Waals surface area contributed by atoms with Crippen LogP contribution in [-0.2, 0) is 0 Å². The van der Waals surface area contributed by atoms with Crippen LogP contribution in [0.2, 0.25) is 5.02 Å². The van der Waals surface area contributed by atoms with Gasteiger partial charge in [0.1, 0.15) is 10.9 Å². The molecule has 16 heavy (non-hydrogen) atoms. The highest BCUT2D eigenvalue weighted by Gasteiger charge is 2.08. The van der Waals surface area contributed by atoms with Crippen LogP contribution in [0.3, 0.4) is 0 Å². The summed E-state index contributed by atoms with van der Waals surface area (Å²) in [6.07, 6.45) is 0.789. The van der Waals surface area contributed by atoms with Gasteiger partial charge in [0.2, 0.25) is 0 Å². The Kier molecular flexibility index (Phi) is 3.04. The largest absolute Gasteiger partial charge is 0.298 e. The van der Waals surface area contributed by atoms with Crippen molar-refractivity contribution >= 4 is 29.2 Å². The highest BCUT2D eigenvalue weighted by molar-refractivity contribution is 7.16. The Morgan fingerprint density at radius 3 is 2.75 bits per heavy atom. The second-order valence-corrected chi connectivity index (χ2v) is 4.65. The molecule has 0 saturated carbocycles. The molecule has 0 spiro atoms. The summed E-state index contributed by atoms with van der Waals surface area (Å²) in [5, 5.41) is 9.32. The third kappa shape index (κ3) is 1.99. The summed E-state index contributed by atoms with van der Waals surface area (Å²) in [5.74, 6) is 0. The first kappa shape index (κ1) is 10.9. The zero-order valence-electron chi connectivity index (χ0n) is 8.11. The quantitative estimate of drug-likeness (QED) is 0.759. The van der Waals surface area contributed by atoms with Crippen LogP contribution >= 0.6 is 22.9 Å². The van der Waals surface area contributed by atoms with Crippen LogP contribution in [0.5, 0.6) is 0 Å². The number of rotatable bonds is 2. The minimum Gasteiger partial charge on any atom is -0.298 e. The highest BCUT2D eigenvalue weighted by Crippen LogP contribution is 2.31. The van der Waals surface area contributed by atoms with Gasteiger partial charge in [-0.1, -0.05) is 11.6 Å². The molecule has 2 aromatic rings. The first-order valence-corrected chi connectivity index (χ1v) is 5.69. The lowest BCUT2D eigenvalue weighted by atomic mass is 10.1. The zero-order chi connectivity index (χ0) is 11.5. The van der Waals surface area contributed by atoms with Gasteiger partial charge in [-0.05, 0) is 30.3 Å². The molecule has 2 nitrogen and oxygen atoms in total. The van der Waals surface area contributed by atoms with Crippen LogP contribution in [0.4, 0.5) is 0 Å². The van der Waals surface area contributed by atoms with Crippen LogP contribution in [0.15, 0.2) is 30.3 Å². The van der Waals surface area contributed by atoms with Crippen LogP contribution in [0.25, 0.3) is 10.4 Å². The first-order chi connectivity index (χ1) is 7.74. The molecule has 0 fully saturated rings. The first-order valence-electron chi connectivity index (χ1n) is 4.49. The monoisotopic (exact) mass is 247 g/mol. The maximum atomic E-state index is 10.9. The van der Waals surface area contributed by atoms with Crippen molar-refractivity contribution in [2.75, 3.05) is 0 Å². The molecule has 78 valence electrons. The molecular formula is C12H6ClNOS. The molecule has 0 N–H and O–H groups in total. The van der Waals surface area contributed by atoms with Gasteiger partial charge in [-0.25, -0.2) is 0 Å². The van der Waals surface area contributed by atoms with E-state index in [-0.39, 0.29) is 0 Å².